The van der Waals surface area contributed by atoms with Crippen molar-refractivity contribution in [3.63, 3.8) is 0 Å². The molecule has 3 N–H and O–H groups in total. The predicted octanol–water partition coefficient (Wildman–Crippen LogP) is 3.38. The van der Waals surface area contributed by atoms with Gasteiger partial charge in [0.15, 0.2) is 0 Å². The maximum Gasteiger partial charge on any atom is 0.293 e. The Bertz CT molecular complexity index is 856. The van der Waals surface area contributed by atoms with Gasteiger partial charge in [-0.15, -0.1) is 0 Å². The van der Waals surface area contributed by atoms with E-state index in [0.717, 1.165) is 11.3 Å². The van der Waals surface area contributed by atoms with Crippen molar-refractivity contribution in [2.24, 2.45) is 5.73 Å². The summed E-state index contributed by atoms with van der Waals surface area (Å²) in [5.41, 5.74) is 8.29. The smallest absolute Gasteiger partial charge is 0.293 e. The number of nitrogens with two attached hydrogens (primary N) is 1. The van der Waals surface area contributed by atoms with Gasteiger partial charge in [0.2, 0.25) is 0 Å². The summed E-state index contributed by atoms with van der Waals surface area (Å²) in [6, 6.07) is 14.6. The largest absolute Gasteiger partial charge is 0.389 e. The molecule has 0 fully saturated rings. The lowest BCUT2D eigenvalue weighted by Crippen LogP contribution is -2.09. The van der Waals surface area contributed by atoms with Crippen LogP contribution in [-0.4, -0.2) is 14.9 Å². The van der Waals surface area contributed by atoms with Crippen molar-refractivity contribution in [3.8, 4) is 11.3 Å². The van der Waals surface area contributed by atoms with Crippen molar-refractivity contribution in [1.29, 1.82) is 0 Å². The van der Waals surface area contributed by atoms with Gasteiger partial charge in [0.25, 0.3) is 5.69 Å². The summed E-state index contributed by atoms with van der Waals surface area (Å²) in [6.07, 6.45) is 0. The number of rotatable bonds is 3. The molecule has 1 heterocycles. The van der Waals surface area contributed by atoms with Crippen LogP contribution in [0.2, 0.25) is 0 Å². The lowest BCUT2D eigenvalue weighted by atomic mass is 10.1. The number of hydrogen-bond donors (Lipinski definition) is 2. The molecule has 0 radical (unpaired) electrons. The maximum absolute atomic E-state index is 11.2. The van der Waals surface area contributed by atoms with Gasteiger partial charge in [-0.1, -0.05) is 42.5 Å². The third-order valence-corrected chi connectivity index (χ3v) is 3.51. The normalized spacial score (nSPS) is 10.7. The second-order valence-electron chi connectivity index (χ2n) is 4.63. The maximum atomic E-state index is 11.2. The molecule has 0 aliphatic heterocycles. The Kier molecular flexibility index (Phi) is 3.15. The number of aromatic nitrogens is 1. The van der Waals surface area contributed by atoms with E-state index >= 15 is 0 Å². The average molecular weight is 297 g/mol. The molecular formula is C15H11N3O2S. The second kappa shape index (κ2) is 4.99. The van der Waals surface area contributed by atoms with E-state index in [4.69, 9.17) is 18.0 Å². The molecule has 0 amide bonds. The van der Waals surface area contributed by atoms with Crippen LogP contribution in [0.4, 0.5) is 5.69 Å². The molecule has 0 unspecified atom stereocenters. The van der Waals surface area contributed by atoms with Crippen molar-refractivity contribution in [2.45, 2.75) is 0 Å². The number of nitro groups is 1. The van der Waals surface area contributed by atoms with Crippen LogP contribution in [0.25, 0.3) is 22.2 Å². The van der Waals surface area contributed by atoms with Gasteiger partial charge in [-0.05, 0) is 17.7 Å². The molecule has 0 saturated heterocycles. The number of non-ortho nitro benzene ring substituents is 1. The molecule has 104 valence electrons. The van der Waals surface area contributed by atoms with E-state index in [2.05, 4.69) is 4.98 Å². The van der Waals surface area contributed by atoms with Crippen LogP contribution in [-0.2, 0) is 0 Å². The molecule has 0 bridgehead atoms. The number of nitrogens with one attached hydrogen (secondary N) is 1. The Morgan fingerprint density at radius 3 is 2.52 bits per heavy atom. The molecule has 0 aliphatic rings. The number of benzene rings is 2. The molecule has 0 aliphatic carbocycles. The molecule has 1 aromatic heterocycles. The van der Waals surface area contributed by atoms with Crippen LogP contribution in [0, 0.1) is 10.1 Å². The van der Waals surface area contributed by atoms with E-state index in [1.165, 1.54) is 6.07 Å². The molecular weight excluding hydrogens is 286 g/mol. The SMILES string of the molecule is NC(=S)c1cc([N+](=O)[O-])c2[nH]c(-c3ccccc3)cc2c1. The standard InChI is InChI=1S/C15H11N3O2S/c16-15(21)11-6-10-7-12(9-4-2-1-3-5-9)17-14(10)13(8-11)18(19)20/h1-8,17H,(H2,16,21). The quantitative estimate of drug-likeness (QED) is 0.441. The van der Waals surface area contributed by atoms with Crippen LogP contribution in [0.15, 0.2) is 48.5 Å². The number of hydrogen-bond acceptors (Lipinski definition) is 3. The van der Waals surface area contributed by atoms with Crippen molar-refractivity contribution < 1.29 is 4.92 Å². The number of fused-ring (bicyclic) bond motifs is 1. The van der Waals surface area contributed by atoms with E-state index in [-0.39, 0.29) is 10.7 Å². The zero-order valence-electron chi connectivity index (χ0n) is 10.9. The van der Waals surface area contributed by atoms with Crippen molar-refractivity contribution in [1.82, 2.24) is 4.98 Å². The van der Waals surface area contributed by atoms with Gasteiger partial charge in [0.05, 0.1) is 4.92 Å². The van der Waals surface area contributed by atoms with Crippen LogP contribution < -0.4 is 5.73 Å². The molecule has 0 atom stereocenters. The minimum atomic E-state index is -0.435. The Hall–Kier alpha value is -2.73. The van der Waals surface area contributed by atoms with Gasteiger partial charge in [-0.25, -0.2) is 0 Å². The first-order valence-electron chi connectivity index (χ1n) is 6.22. The number of thiocarbonyl (C=S) groups is 1. The average Bonchev–Trinajstić information content (AvgIpc) is 2.90. The summed E-state index contributed by atoms with van der Waals surface area (Å²) in [5.74, 6) is 0. The Morgan fingerprint density at radius 1 is 1.19 bits per heavy atom. The van der Waals surface area contributed by atoms with E-state index in [9.17, 15) is 10.1 Å². The van der Waals surface area contributed by atoms with E-state index in [1.807, 2.05) is 36.4 Å². The van der Waals surface area contributed by atoms with Gasteiger partial charge in [-0.2, -0.15) is 0 Å². The van der Waals surface area contributed by atoms with Gasteiger partial charge in [0, 0.05) is 22.7 Å². The van der Waals surface area contributed by atoms with Crippen LogP contribution >= 0.6 is 12.2 Å². The van der Waals surface area contributed by atoms with E-state index < -0.39 is 4.92 Å². The zero-order valence-corrected chi connectivity index (χ0v) is 11.7. The number of aromatic amines is 1. The Labute approximate surface area is 125 Å². The monoisotopic (exact) mass is 297 g/mol. The molecule has 2 aromatic carbocycles. The lowest BCUT2D eigenvalue weighted by Gasteiger charge is -2.00. The van der Waals surface area contributed by atoms with Crippen LogP contribution in [0.1, 0.15) is 5.56 Å². The highest BCUT2D eigenvalue weighted by atomic mass is 32.1. The summed E-state index contributed by atoms with van der Waals surface area (Å²) in [4.78, 5) is 14.0. The fraction of sp³-hybridized carbons (Fsp3) is 0. The minimum absolute atomic E-state index is 0.0301. The first kappa shape index (κ1) is 13.3. The number of H-pyrrole nitrogens is 1. The fourth-order valence-corrected chi connectivity index (χ4v) is 2.40. The highest BCUT2D eigenvalue weighted by Gasteiger charge is 2.17. The third-order valence-electron chi connectivity index (χ3n) is 3.27. The lowest BCUT2D eigenvalue weighted by molar-refractivity contribution is -0.383. The highest BCUT2D eigenvalue weighted by molar-refractivity contribution is 7.80. The summed E-state index contributed by atoms with van der Waals surface area (Å²) in [6.45, 7) is 0. The van der Waals surface area contributed by atoms with Gasteiger partial charge < -0.3 is 10.7 Å². The first-order valence-corrected chi connectivity index (χ1v) is 6.63. The van der Waals surface area contributed by atoms with Crippen LogP contribution in [0.5, 0.6) is 0 Å². The summed E-state index contributed by atoms with van der Waals surface area (Å²) < 4.78 is 0. The second-order valence-corrected chi connectivity index (χ2v) is 5.07. The number of nitrogens with zero attached hydrogens (tertiary/aromatic N) is 1. The molecule has 0 saturated carbocycles. The minimum Gasteiger partial charge on any atom is -0.389 e. The third kappa shape index (κ3) is 2.36. The fourth-order valence-electron chi connectivity index (χ4n) is 2.28. The van der Waals surface area contributed by atoms with E-state index in [0.29, 0.717) is 16.5 Å². The Morgan fingerprint density at radius 2 is 1.90 bits per heavy atom. The summed E-state index contributed by atoms with van der Waals surface area (Å²) in [5, 5.41) is 12.0. The molecule has 3 aromatic rings. The van der Waals surface area contributed by atoms with Crippen molar-refractivity contribution >= 4 is 33.8 Å². The zero-order chi connectivity index (χ0) is 15.0. The summed E-state index contributed by atoms with van der Waals surface area (Å²) in [7, 11) is 0. The first-order chi connectivity index (χ1) is 10.1. The molecule has 3 rings (SSSR count). The highest BCUT2D eigenvalue weighted by Crippen LogP contribution is 2.31. The molecule has 21 heavy (non-hydrogen) atoms. The van der Waals surface area contributed by atoms with Crippen LogP contribution in [0.3, 0.4) is 0 Å². The van der Waals surface area contributed by atoms with Gasteiger partial charge >= 0.3 is 0 Å². The number of nitro benzene ring substituents is 1. The van der Waals surface area contributed by atoms with Gasteiger partial charge in [0.1, 0.15) is 10.5 Å². The molecule has 5 nitrogen and oxygen atoms in total. The topological polar surface area (TPSA) is 84.9 Å². The van der Waals surface area contributed by atoms with Gasteiger partial charge in [-0.3, -0.25) is 10.1 Å². The molecule has 0 spiro atoms. The van der Waals surface area contributed by atoms with Crippen molar-refractivity contribution in [3.05, 3.63) is 64.2 Å². The predicted molar refractivity (Wildman–Crippen MR) is 86.3 cm³/mol. The molecule has 6 heteroatoms. The summed E-state index contributed by atoms with van der Waals surface area (Å²) >= 11 is 4.92. The van der Waals surface area contributed by atoms with E-state index in [1.54, 1.807) is 6.07 Å². The Balaban J connectivity index is 2.27. The van der Waals surface area contributed by atoms with Crippen molar-refractivity contribution in [2.75, 3.05) is 0 Å².